The van der Waals surface area contributed by atoms with Crippen LogP contribution in [0.15, 0.2) is 36.5 Å². The standard InChI is InChI=1S/C13H9IN2O/c1-17-10-4-2-9(3-5-10)11-6-7-16-13(14)12(11)8-15/h2-7H,1H3. The first-order valence-corrected chi connectivity index (χ1v) is 6.03. The summed E-state index contributed by atoms with van der Waals surface area (Å²) in [5, 5.41) is 9.14. The highest BCUT2D eigenvalue weighted by Gasteiger charge is 2.08. The summed E-state index contributed by atoms with van der Waals surface area (Å²) in [6.45, 7) is 0. The number of hydrogen-bond donors (Lipinski definition) is 0. The molecule has 17 heavy (non-hydrogen) atoms. The predicted octanol–water partition coefficient (Wildman–Crippen LogP) is 3.23. The molecule has 0 radical (unpaired) electrons. The Morgan fingerprint density at radius 3 is 2.53 bits per heavy atom. The molecule has 1 aromatic carbocycles. The number of benzene rings is 1. The van der Waals surface area contributed by atoms with E-state index in [9.17, 15) is 0 Å². The van der Waals surface area contributed by atoms with Crippen molar-refractivity contribution in [2.24, 2.45) is 0 Å². The lowest BCUT2D eigenvalue weighted by Gasteiger charge is -2.06. The molecule has 0 aliphatic heterocycles. The average molecular weight is 336 g/mol. The molecule has 84 valence electrons. The highest BCUT2D eigenvalue weighted by atomic mass is 127. The number of ether oxygens (including phenoxy) is 1. The summed E-state index contributed by atoms with van der Waals surface area (Å²) >= 11 is 2.07. The van der Waals surface area contributed by atoms with Gasteiger partial charge in [-0.25, -0.2) is 4.98 Å². The summed E-state index contributed by atoms with van der Waals surface area (Å²) < 4.78 is 5.83. The van der Waals surface area contributed by atoms with Crippen LogP contribution in [-0.2, 0) is 0 Å². The maximum absolute atomic E-state index is 9.14. The van der Waals surface area contributed by atoms with Crippen molar-refractivity contribution in [2.75, 3.05) is 7.11 Å². The van der Waals surface area contributed by atoms with E-state index in [-0.39, 0.29) is 0 Å². The number of aromatic nitrogens is 1. The summed E-state index contributed by atoms with van der Waals surface area (Å²) in [5.41, 5.74) is 2.50. The molecule has 0 saturated heterocycles. The topological polar surface area (TPSA) is 45.9 Å². The number of hydrogen-bond acceptors (Lipinski definition) is 3. The number of nitriles is 1. The first kappa shape index (κ1) is 11.9. The van der Waals surface area contributed by atoms with E-state index in [0.29, 0.717) is 5.56 Å². The van der Waals surface area contributed by atoms with Crippen molar-refractivity contribution in [3.63, 3.8) is 0 Å². The summed E-state index contributed by atoms with van der Waals surface area (Å²) in [7, 11) is 1.63. The molecular formula is C13H9IN2O. The molecule has 0 amide bonds. The Morgan fingerprint density at radius 1 is 1.24 bits per heavy atom. The Balaban J connectivity index is 2.53. The van der Waals surface area contributed by atoms with Crippen molar-refractivity contribution < 1.29 is 4.74 Å². The van der Waals surface area contributed by atoms with Crippen LogP contribution in [0.1, 0.15) is 5.56 Å². The van der Waals surface area contributed by atoms with Crippen molar-refractivity contribution in [3.05, 3.63) is 45.8 Å². The van der Waals surface area contributed by atoms with Gasteiger partial charge in [0.1, 0.15) is 15.5 Å². The Bertz CT molecular complexity index is 573. The monoisotopic (exact) mass is 336 g/mol. The maximum Gasteiger partial charge on any atom is 0.119 e. The molecule has 0 saturated carbocycles. The van der Waals surface area contributed by atoms with E-state index in [1.165, 1.54) is 0 Å². The second-order valence-corrected chi connectivity index (χ2v) is 4.39. The van der Waals surface area contributed by atoms with Gasteiger partial charge >= 0.3 is 0 Å². The van der Waals surface area contributed by atoms with Crippen LogP contribution in [0.25, 0.3) is 11.1 Å². The first-order valence-electron chi connectivity index (χ1n) is 4.95. The highest BCUT2D eigenvalue weighted by Crippen LogP contribution is 2.26. The van der Waals surface area contributed by atoms with Crippen molar-refractivity contribution in [3.8, 4) is 22.9 Å². The molecule has 1 heterocycles. The number of nitrogens with zero attached hydrogens (tertiary/aromatic N) is 2. The van der Waals surface area contributed by atoms with Crippen LogP contribution in [0.3, 0.4) is 0 Å². The zero-order valence-corrected chi connectivity index (χ0v) is 11.3. The van der Waals surface area contributed by atoms with Crippen LogP contribution in [0, 0.1) is 15.0 Å². The molecule has 3 nitrogen and oxygen atoms in total. The molecule has 1 aromatic heterocycles. The second kappa shape index (κ2) is 5.15. The van der Waals surface area contributed by atoms with Gasteiger partial charge in [-0.05, 0) is 46.4 Å². The number of pyridine rings is 1. The third-order valence-electron chi connectivity index (χ3n) is 2.42. The van der Waals surface area contributed by atoms with Crippen LogP contribution in [-0.4, -0.2) is 12.1 Å². The fourth-order valence-corrected chi connectivity index (χ4v) is 2.13. The molecule has 0 N–H and O–H groups in total. The van der Waals surface area contributed by atoms with E-state index in [1.54, 1.807) is 13.3 Å². The molecule has 0 atom stereocenters. The third-order valence-corrected chi connectivity index (χ3v) is 3.24. The first-order chi connectivity index (χ1) is 8.26. The van der Waals surface area contributed by atoms with Crippen LogP contribution in [0.2, 0.25) is 0 Å². The van der Waals surface area contributed by atoms with Gasteiger partial charge in [0, 0.05) is 11.8 Å². The van der Waals surface area contributed by atoms with Gasteiger partial charge in [-0.1, -0.05) is 12.1 Å². The molecule has 0 bridgehead atoms. The quantitative estimate of drug-likeness (QED) is 0.625. The zero-order valence-electron chi connectivity index (χ0n) is 9.14. The van der Waals surface area contributed by atoms with Crippen molar-refractivity contribution in [1.82, 2.24) is 4.98 Å². The van der Waals surface area contributed by atoms with E-state index < -0.39 is 0 Å². The molecule has 0 spiro atoms. The molecule has 0 unspecified atom stereocenters. The van der Waals surface area contributed by atoms with Gasteiger partial charge in [0.15, 0.2) is 0 Å². The Labute approximate surface area is 113 Å². The van der Waals surface area contributed by atoms with Crippen LogP contribution in [0.5, 0.6) is 5.75 Å². The van der Waals surface area contributed by atoms with Crippen LogP contribution in [0.4, 0.5) is 0 Å². The smallest absolute Gasteiger partial charge is 0.119 e. The number of methoxy groups -OCH3 is 1. The summed E-state index contributed by atoms with van der Waals surface area (Å²) in [6, 6.07) is 11.7. The number of rotatable bonds is 2. The second-order valence-electron chi connectivity index (χ2n) is 3.36. The zero-order chi connectivity index (χ0) is 12.3. The van der Waals surface area contributed by atoms with Crippen molar-refractivity contribution in [1.29, 1.82) is 5.26 Å². The SMILES string of the molecule is COc1ccc(-c2ccnc(I)c2C#N)cc1. The number of halogens is 1. The summed E-state index contributed by atoms with van der Waals surface area (Å²) in [5.74, 6) is 0.802. The average Bonchev–Trinajstić information content (AvgIpc) is 2.38. The Morgan fingerprint density at radius 2 is 1.94 bits per heavy atom. The Kier molecular flexibility index (Phi) is 3.59. The normalized spacial score (nSPS) is 9.71. The fourth-order valence-electron chi connectivity index (χ4n) is 1.55. The van der Waals surface area contributed by atoms with Crippen molar-refractivity contribution >= 4 is 22.6 Å². The lowest BCUT2D eigenvalue weighted by Crippen LogP contribution is -1.91. The van der Waals surface area contributed by atoms with E-state index in [2.05, 4.69) is 33.6 Å². The van der Waals surface area contributed by atoms with E-state index in [1.807, 2.05) is 30.3 Å². The van der Waals surface area contributed by atoms with Crippen LogP contribution < -0.4 is 4.74 Å². The molecule has 2 rings (SSSR count). The Hall–Kier alpha value is -1.61. The highest BCUT2D eigenvalue weighted by molar-refractivity contribution is 14.1. The van der Waals surface area contributed by atoms with E-state index >= 15 is 0 Å². The lowest BCUT2D eigenvalue weighted by atomic mass is 10.0. The minimum Gasteiger partial charge on any atom is -0.497 e. The molecule has 0 aliphatic rings. The minimum absolute atomic E-state index is 0.610. The van der Waals surface area contributed by atoms with Gasteiger partial charge in [0.2, 0.25) is 0 Å². The molecule has 0 aliphatic carbocycles. The van der Waals surface area contributed by atoms with E-state index in [0.717, 1.165) is 20.6 Å². The molecular weight excluding hydrogens is 327 g/mol. The summed E-state index contributed by atoms with van der Waals surface area (Å²) in [6.07, 6.45) is 1.71. The van der Waals surface area contributed by atoms with Crippen molar-refractivity contribution in [2.45, 2.75) is 0 Å². The molecule has 2 aromatic rings. The predicted molar refractivity (Wildman–Crippen MR) is 73.7 cm³/mol. The van der Waals surface area contributed by atoms with Gasteiger partial charge in [-0.3, -0.25) is 0 Å². The minimum atomic E-state index is 0.610. The van der Waals surface area contributed by atoms with Gasteiger partial charge in [-0.2, -0.15) is 5.26 Å². The van der Waals surface area contributed by atoms with Crippen LogP contribution >= 0.6 is 22.6 Å². The molecule has 0 fully saturated rings. The van der Waals surface area contributed by atoms with E-state index in [4.69, 9.17) is 10.00 Å². The van der Waals surface area contributed by atoms with Gasteiger partial charge in [0.05, 0.1) is 12.7 Å². The summed E-state index contributed by atoms with van der Waals surface area (Å²) in [4.78, 5) is 4.11. The lowest BCUT2D eigenvalue weighted by molar-refractivity contribution is 0.415. The maximum atomic E-state index is 9.14. The largest absolute Gasteiger partial charge is 0.497 e. The fraction of sp³-hybridized carbons (Fsp3) is 0.0769. The van der Waals surface area contributed by atoms with Gasteiger partial charge < -0.3 is 4.74 Å². The van der Waals surface area contributed by atoms with Gasteiger partial charge in [-0.15, -0.1) is 0 Å². The molecule has 4 heteroatoms. The third kappa shape index (κ3) is 2.39. The van der Waals surface area contributed by atoms with Gasteiger partial charge in [0.25, 0.3) is 0 Å².